The van der Waals surface area contributed by atoms with Gasteiger partial charge in [0, 0.05) is 31.2 Å². The van der Waals surface area contributed by atoms with Crippen LogP contribution in [0.1, 0.15) is 28.4 Å². The number of nitrogens with zero attached hydrogens (tertiary/aromatic N) is 1. The van der Waals surface area contributed by atoms with Crippen LogP contribution in [0.4, 0.5) is 4.79 Å². The molecule has 2 aromatic carbocycles. The molecule has 0 aromatic heterocycles. The standard InChI is InChI=1S/C20H22ClN3O2/c21-18-5-3-15(4-6-18)19-13-24(7-8-26-19)20(25)23-10-14-1-2-16-11-22-12-17(16)9-14/h1-6,9,19,22H,7-8,10-13H2,(H,23,25)/t19-/m0/s1. The van der Waals surface area contributed by atoms with Crippen LogP contribution in [0, 0.1) is 0 Å². The normalized spacial score (nSPS) is 19.3. The van der Waals surface area contributed by atoms with E-state index in [9.17, 15) is 4.79 Å². The van der Waals surface area contributed by atoms with Gasteiger partial charge >= 0.3 is 6.03 Å². The van der Waals surface area contributed by atoms with E-state index in [2.05, 4.69) is 28.8 Å². The van der Waals surface area contributed by atoms with Crippen molar-refractivity contribution in [1.29, 1.82) is 0 Å². The summed E-state index contributed by atoms with van der Waals surface area (Å²) in [6.45, 7) is 4.05. The quantitative estimate of drug-likeness (QED) is 0.871. The Morgan fingerprint density at radius 1 is 1.19 bits per heavy atom. The van der Waals surface area contributed by atoms with Crippen LogP contribution in [-0.4, -0.2) is 30.6 Å². The number of carbonyl (C=O) groups is 1. The monoisotopic (exact) mass is 371 g/mol. The number of hydrogen-bond donors (Lipinski definition) is 2. The number of rotatable bonds is 3. The van der Waals surface area contributed by atoms with E-state index in [1.54, 1.807) is 0 Å². The van der Waals surface area contributed by atoms with E-state index >= 15 is 0 Å². The van der Waals surface area contributed by atoms with Crippen molar-refractivity contribution >= 4 is 17.6 Å². The Morgan fingerprint density at radius 2 is 2.00 bits per heavy atom. The summed E-state index contributed by atoms with van der Waals surface area (Å²) in [6.07, 6.45) is -0.113. The third kappa shape index (κ3) is 3.85. The summed E-state index contributed by atoms with van der Waals surface area (Å²) >= 11 is 5.95. The van der Waals surface area contributed by atoms with Gasteiger partial charge < -0.3 is 20.3 Å². The Balaban J connectivity index is 1.34. The van der Waals surface area contributed by atoms with Crippen molar-refractivity contribution in [1.82, 2.24) is 15.5 Å². The largest absolute Gasteiger partial charge is 0.370 e. The lowest BCUT2D eigenvalue weighted by Gasteiger charge is -2.33. The molecule has 2 N–H and O–H groups in total. The van der Waals surface area contributed by atoms with Crippen LogP contribution in [0.3, 0.4) is 0 Å². The molecule has 2 amide bonds. The van der Waals surface area contributed by atoms with Crippen molar-refractivity contribution in [2.45, 2.75) is 25.7 Å². The maximum Gasteiger partial charge on any atom is 0.317 e. The number of morpholine rings is 1. The molecule has 0 radical (unpaired) electrons. The molecule has 0 unspecified atom stereocenters. The summed E-state index contributed by atoms with van der Waals surface area (Å²) in [7, 11) is 0. The number of amides is 2. The van der Waals surface area contributed by atoms with E-state index in [-0.39, 0.29) is 12.1 Å². The molecule has 1 fully saturated rings. The summed E-state index contributed by atoms with van der Waals surface area (Å²) in [5, 5.41) is 7.07. The van der Waals surface area contributed by atoms with Crippen molar-refractivity contribution in [2.24, 2.45) is 0 Å². The smallest absolute Gasteiger partial charge is 0.317 e. The molecule has 0 bridgehead atoms. The molecule has 0 saturated carbocycles. The number of hydrogen-bond acceptors (Lipinski definition) is 3. The SMILES string of the molecule is O=C(NCc1ccc2c(c1)CNC2)N1CCO[C@H](c2ccc(Cl)cc2)C1. The molecule has 2 aliphatic rings. The fourth-order valence-electron chi connectivity index (χ4n) is 3.46. The van der Waals surface area contributed by atoms with Gasteiger partial charge in [0.1, 0.15) is 6.10 Å². The van der Waals surface area contributed by atoms with E-state index in [1.165, 1.54) is 11.1 Å². The predicted octanol–water partition coefficient (Wildman–Crippen LogP) is 3.23. The van der Waals surface area contributed by atoms with Crippen molar-refractivity contribution in [3.63, 3.8) is 0 Å². The highest BCUT2D eigenvalue weighted by Crippen LogP contribution is 2.24. The first-order chi connectivity index (χ1) is 12.7. The molecule has 5 nitrogen and oxygen atoms in total. The van der Waals surface area contributed by atoms with Crippen LogP contribution in [0.25, 0.3) is 0 Å². The van der Waals surface area contributed by atoms with Gasteiger partial charge in [-0.1, -0.05) is 41.9 Å². The molecular formula is C20H22ClN3O2. The fraction of sp³-hybridized carbons (Fsp3) is 0.350. The first kappa shape index (κ1) is 17.3. The van der Waals surface area contributed by atoms with Crippen molar-refractivity contribution in [3.8, 4) is 0 Å². The van der Waals surface area contributed by atoms with Gasteiger partial charge in [-0.25, -0.2) is 4.79 Å². The number of fused-ring (bicyclic) bond motifs is 1. The number of urea groups is 1. The molecule has 2 aromatic rings. The lowest BCUT2D eigenvalue weighted by atomic mass is 10.1. The molecule has 0 aliphatic carbocycles. The molecule has 0 spiro atoms. The van der Waals surface area contributed by atoms with Crippen LogP contribution >= 0.6 is 11.6 Å². The topological polar surface area (TPSA) is 53.6 Å². The van der Waals surface area contributed by atoms with Gasteiger partial charge in [-0.15, -0.1) is 0 Å². The first-order valence-corrected chi connectivity index (χ1v) is 9.28. The Hall–Kier alpha value is -2.08. The average molecular weight is 372 g/mol. The minimum atomic E-state index is -0.113. The Kier molecular flexibility index (Phi) is 5.11. The van der Waals surface area contributed by atoms with E-state index in [0.717, 1.165) is 24.2 Å². The fourth-order valence-corrected chi connectivity index (χ4v) is 3.59. The lowest BCUT2D eigenvalue weighted by molar-refractivity contribution is -0.0154. The highest BCUT2D eigenvalue weighted by Gasteiger charge is 2.25. The predicted molar refractivity (Wildman–Crippen MR) is 101 cm³/mol. The van der Waals surface area contributed by atoms with Crippen LogP contribution in [0.15, 0.2) is 42.5 Å². The van der Waals surface area contributed by atoms with E-state index in [4.69, 9.17) is 16.3 Å². The summed E-state index contributed by atoms with van der Waals surface area (Å²) < 4.78 is 5.83. The molecule has 1 atom stereocenters. The van der Waals surface area contributed by atoms with Gasteiger partial charge in [-0.3, -0.25) is 0 Å². The van der Waals surface area contributed by atoms with E-state index in [0.29, 0.717) is 31.3 Å². The van der Waals surface area contributed by atoms with Gasteiger partial charge in [-0.05, 0) is 34.4 Å². The zero-order valence-corrected chi connectivity index (χ0v) is 15.3. The number of benzene rings is 2. The second-order valence-electron chi connectivity index (χ2n) is 6.72. The molecule has 6 heteroatoms. The molecular weight excluding hydrogens is 350 g/mol. The average Bonchev–Trinajstić information content (AvgIpc) is 3.14. The van der Waals surface area contributed by atoms with Crippen LogP contribution in [-0.2, 0) is 24.4 Å². The Labute approximate surface area is 158 Å². The molecule has 1 saturated heterocycles. The van der Waals surface area contributed by atoms with Crippen LogP contribution in [0.5, 0.6) is 0 Å². The molecule has 136 valence electrons. The number of halogens is 1. The highest BCUT2D eigenvalue weighted by molar-refractivity contribution is 6.30. The summed E-state index contributed by atoms with van der Waals surface area (Å²) in [5.41, 5.74) is 4.84. The van der Waals surface area contributed by atoms with Gasteiger partial charge in [0.2, 0.25) is 0 Å². The minimum absolute atomic E-state index is 0.0501. The van der Waals surface area contributed by atoms with Gasteiger partial charge in [0.05, 0.1) is 13.2 Å². The number of ether oxygens (including phenoxy) is 1. The zero-order valence-electron chi connectivity index (χ0n) is 14.5. The van der Waals surface area contributed by atoms with E-state index < -0.39 is 0 Å². The zero-order chi connectivity index (χ0) is 17.9. The summed E-state index contributed by atoms with van der Waals surface area (Å²) in [6, 6.07) is 13.9. The second kappa shape index (κ2) is 7.66. The Bertz CT molecular complexity index is 794. The maximum atomic E-state index is 12.6. The second-order valence-corrected chi connectivity index (χ2v) is 7.16. The van der Waals surface area contributed by atoms with E-state index in [1.807, 2.05) is 29.2 Å². The number of carbonyl (C=O) groups excluding carboxylic acids is 1. The highest BCUT2D eigenvalue weighted by atomic mass is 35.5. The third-order valence-electron chi connectivity index (χ3n) is 4.94. The van der Waals surface area contributed by atoms with Crippen molar-refractivity contribution in [2.75, 3.05) is 19.7 Å². The molecule has 2 aliphatic heterocycles. The van der Waals surface area contributed by atoms with Gasteiger partial charge in [0.15, 0.2) is 0 Å². The lowest BCUT2D eigenvalue weighted by Crippen LogP contribution is -2.46. The molecule has 4 rings (SSSR count). The number of nitrogens with one attached hydrogen (secondary N) is 2. The third-order valence-corrected chi connectivity index (χ3v) is 5.19. The summed E-state index contributed by atoms with van der Waals surface area (Å²) in [5.74, 6) is 0. The van der Waals surface area contributed by atoms with Gasteiger partial charge in [0.25, 0.3) is 0 Å². The van der Waals surface area contributed by atoms with Gasteiger partial charge in [-0.2, -0.15) is 0 Å². The van der Waals surface area contributed by atoms with Crippen molar-refractivity contribution < 1.29 is 9.53 Å². The minimum Gasteiger partial charge on any atom is -0.370 e. The molecule has 26 heavy (non-hydrogen) atoms. The van der Waals surface area contributed by atoms with Crippen LogP contribution in [0.2, 0.25) is 5.02 Å². The first-order valence-electron chi connectivity index (χ1n) is 8.90. The molecule has 2 heterocycles. The maximum absolute atomic E-state index is 12.6. The summed E-state index contributed by atoms with van der Waals surface area (Å²) in [4.78, 5) is 14.4. The Morgan fingerprint density at radius 3 is 2.85 bits per heavy atom. The van der Waals surface area contributed by atoms with Crippen molar-refractivity contribution in [3.05, 3.63) is 69.7 Å². The van der Waals surface area contributed by atoms with Crippen LogP contribution < -0.4 is 10.6 Å².